The minimum absolute atomic E-state index is 0.0667. The van der Waals surface area contributed by atoms with Gasteiger partial charge in [-0.3, -0.25) is 0 Å². The first-order valence-electron chi connectivity index (χ1n) is 4.64. The third-order valence-electron chi connectivity index (χ3n) is 2.78. The van der Waals surface area contributed by atoms with E-state index in [9.17, 15) is 13.5 Å². The van der Waals surface area contributed by atoms with E-state index < -0.39 is 15.4 Å². The van der Waals surface area contributed by atoms with Crippen LogP contribution in [-0.4, -0.2) is 43.2 Å². The Hall–Kier alpha value is -0.130. The Balaban J connectivity index is 2.07. The molecule has 1 unspecified atom stereocenters. The Morgan fingerprint density at radius 3 is 2.54 bits per heavy atom. The zero-order chi connectivity index (χ0) is 9.53. The molecule has 0 spiro atoms. The predicted octanol–water partition coefficient (Wildman–Crippen LogP) is -0.712. The van der Waals surface area contributed by atoms with Gasteiger partial charge in [0.1, 0.15) is 0 Å². The fraction of sp³-hybridized carbons (Fsp3) is 1.00. The lowest BCUT2D eigenvalue weighted by molar-refractivity contribution is 0.177. The van der Waals surface area contributed by atoms with Crippen LogP contribution in [0, 0.1) is 0 Å². The van der Waals surface area contributed by atoms with Crippen molar-refractivity contribution in [2.75, 3.05) is 18.1 Å². The maximum atomic E-state index is 11.3. The third kappa shape index (κ3) is 2.03. The molecule has 1 aliphatic heterocycles. The number of hydrogen-bond donors (Lipinski definition) is 2. The van der Waals surface area contributed by atoms with Crippen LogP contribution in [0.2, 0.25) is 0 Å². The molecule has 0 radical (unpaired) electrons. The van der Waals surface area contributed by atoms with Crippen LogP contribution >= 0.6 is 0 Å². The van der Waals surface area contributed by atoms with E-state index in [-0.39, 0.29) is 18.1 Å². The van der Waals surface area contributed by atoms with Gasteiger partial charge in [0.05, 0.1) is 23.7 Å². The molecular formula is C8H15NO3S. The maximum Gasteiger partial charge on any atom is 0.152 e. The first kappa shape index (κ1) is 9.43. The van der Waals surface area contributed by atoms with Gasteiger partial charge in [-0.1, -0.05) is 0 Å². The van der Waals surface area contributed by atoms with Crippen molar-refractivity contribution in [2.45, 2.75) is 30.8 Å². The SMILES string of the molecule is O=S1(=O)CCC(CO)(NC2CC2)C1. The lowest BCUT2D eigenvalue weighted by Gasteiger charge is -2.26. The molecule has 1 aliphatic carbocycles. The van der Waals surface area contributed by atoms with Crippen LogP contribution in [0.3, 0.4) is 0 Å². The third-order valence-corrected chi connectivity index (χ3v) is 4.60. The van der Waals surface area contributed by atoms with Gasteiger partial charge in [-0.2, -0.15) is 0 Å². The Morgan fingerprint density at radius 2 is 2.15 bits per heavy atom. The zero-order valence-electron chi connectivity index (χ0n) is 7.49. The lowest BCUT2D eigenvalue weighted by Crippen LogP contribution is -2.50. The first-order valence-corrected chi connectivity index (χ1v) is 6.46. The second-order valence-corrected chi connectivity index (χ2v) is 6.38. The van der Waals surface area contributed by atoms with Crippen molar-refractivity contribution >= 4 is 9.84 Å². The number of rotatable bonds is 3. The molecule has 1 heterocycles. The molecular weight excluding hydrogens is 190 g/mol. The fourth-order valence-electron chi connectivity index (χ4n) is 1.86. The smallest absolute Gasteiger partial charge is 0.152 e. The van der Waals surface area contributed by atoms with Crippen LogP contribution in [0.1, 0.15) is 19.3 Å². The van der Waals surface area contributed by atoms with E-state index in [4.69, 9.17) is 0 Å². The molecule has 13 heavy (non-hydrogen) atoms. The molecule has 2 rings (SSSR count). The molecule has 0 aromatic carbocycles. The van der Waals surface area contributed by atoms with Gasteiger partial charge in [0.25, 0.3) is 0 Å². The van der Waals surface area contributed by atoms with Crippen LogP contribution in [0.25, 0.3) is 0 Å². The van der Waals surface area contributed by atoms with Crippen LogP contribution in [0.5, 0.6) is 0 Å². The number of sulfone groups is 1. The lowest BCUT2D eigenvalue weighted by atomic mass is 10.0. The number of hydrogen-bond acceptors (Lipinski definition) is 4. The normalized spacial score (nSPS) is 37.9. The van der Waals surface area contributed by atoms with Gasteiger partial charge >= 0.3 is 0 Å². The summed E-state index contributed by atoms with van der Waals surface area (Å²) in [7, 11) is -2.91. The highest BCUT2D eigenvalue weighted by Gasteiger charge is 2.44. The van der Waals surface area contributed by atoms with Crippen molar-refractivity contribution < 1.29 is 13.5 Å². The van der Waals surface area contributed by atoms with E-state index in [0.29, 0.717) is 12.5 Å². The first-order chi connectivity index (χ1) is 6.05. The fourth-order valence-corrected chi connectivity index (χ4v) is 3.87. The summed E-state index contributed by atoms with van der Waals surface area (Å²) < 4.78 is 22.5. The molecule has 2 aliphatic rings. The molecule has 0 amide bonds. The largest absolute Gasteiger partial charge is 0.394 e. The highest BCUT2D eigenvalue weighted by Crippen LogP contribution is 2.29. The summed E-state index contributed by atoms with van der Waals surface area (Å²) in [6.07, 6.45) is 2.78. The predicted molar refractivity (Wildman–Crippen MR) is 49.2 cm³/mol. The molecule has 76 valence electrons. The summed E-state index contributed by atoms with van der Waals surface area (Å²) >= 11 is 0. The summed E-state index contributed by atoms with van der Waals surface area (Å²) in [5, 5.41) is 12.4. The average Bonchev–Trinajstić information content (AvgIpc) is 2.78. The molecule has 1 saturated carbocycles. The van der Waals surface area contributed by atoms with Gasteiger partial charge in [0.15, 0.2) is 9.84 Å². The van der Waals surface area contributed by atoms with Gasteiger partial charge in [0.2, 0.25) is 0 Å². The van der Waals surface area contributed by atoms with Gasteiger partial charge in [-0.15, -0.1) is 0 Å². The summed E-state index contributed by atoms with van der Waals surface area (Å²) in [5.41, 5.74) is -0.528. The van der Waals surface area contributed by atoms with Crippen molar-refractivity contribution in [1.82, 2.24) is 5.32 Å². The highest BCUT2D eigenvalue weighted by molar-refractivity contribution is 7.91. The van der Waals surface area contributed by atoms with Gasteiger partial charge in [0, 0.05) is 6.04 Å². The van der Waals surface area contributed by atoms with Crippen molar-refractivity contribution in [3.8, 4) is 0 Å². The quantitative estimate of drug-likeness (QED) is 0.638. The van der Waals surface area contributed by atoms with Crippen LogP contribution in [0.15, 0.2) is 0 Å². The maximum absolute atomic E-state index is 11.3. The van der Waals surface area contributed by atoms with E-state index >= 15 is 0 Å². The van der Waals surface area contributed by atoms with Gasteiger partial charge in [-0.05, 0) is 19.3 Å². The Bertz CT molecular complexity index is 297. The van der Waals surface area contributed by atoms with Crippen molar-refractivity contribution in [3.05, 3.63) is 0 Å². The van der Waals surface area contributed by atoms with E-state index in [1.165, 1.54) is 0 Å². The second-order valence-electron chi connectivity index (χ2n) is 4.20. The Kier molecular flexibility index (Phi) is 2.13. The van der Waals surface area contributed by atoms with Crippen molar-refractivity contribution in [3.63, 3.8) is 0 Å². The molecule has 0 aromatic heterocycles. The molecule has 1 saturated heterocycles. The summed E-state index contributed by atoms with van der Waals surface area (Å²) in [5.74, 6) is 0.320. The molecule has 2 fully saturated rings. The van der Waals surface area contributed by atoms with E-state index in [0.717, 1.165) is 12.8 Å². The summed E-state index contributed by atoms with van der Waals surface area (Å²) in [6.45, 7) is -0.0667. The van der Waals surface area contributed by atoms with E-state index in [1.807, 2.05) is 0 Å². The second kappa shape index (κ2) is 2.93. The minimum Gasteiger partial charge on any atom is -0.394 e. The van der Waals surface area contributed by atoms with Crippen molar-refractivity contribution in [2.24, 2.45) is 0 Å². The summed E-state index contributed by atoms with van der Waals surface area (Å²) in [6, 6.07) is 0.445. The highest BCUT2D eigenvalue weighted by atomic mass is 32.2. The molecule has 0 bridgehead atoms. The zero-order valence-corrected chi connectivity index (χ0v) is 8.31. The minimum atomic E-state index is -2.91. The number of nitrogens with one attached hydrogen (secondary N) is 1. The standard InChI is InChI=1S/C8H15NO3S/c10-5-8(9-7-1-2-7)3-4-13(11,12)6-8/h7,9-10H,1-6H2. The summed E-state index contributed by atoms with van der Waals surface area (Å²) in [4.78, 5) is 0. The topological polar surface area (TPSA) is 66.4 Å². The van der Waals surface area contributed by atoms with Crippen LogP contribution < -0.4 is 5.32 Å². The Labute approximate surface area is 78.3 Å². The molecule has 0 aromatic rings. The van der Waals surface area contributed by atoms with E-state index in [2.05, 4.69) is 5.32 Å². The van der Waals surface area contributed by atoms with Crippen molar-refractivity contribution in [1.29, 1.82) is 0 Å². The molecule has 4 nitrogen and oxygen atoms in total. The number of aliphatic hydroxyl groups is 1. The van der Waals surface area contributed by atoms with Gasteiger partial charge in [-0.25, -0.2) is 8.42 Å². The number of aliphatic hydroxyl groups excluding tert-OH is 1. The van der Waals surface area contributed by atoms with E-state index in [1.54, 1.807) is 0 Å². The monoisotopic (exact) mass is 205 g/mol. The van der Waals surface area contributed by atoms with Gasteiger partial charge < -0.3 is 10.4 Å². The average molecular weight is 205 g/mol. The molecule has 2 N–H and O–H groups in total. The molecule has 5 heteroatoms. The van der Waals surface area contributed by atoms with Crippen LogP contribution in [-0.2, 0) is 9.84 Å². The molecule has 1 atom stereocenters. The van der Waals surface area contributed by atoms with Crippen LogP contribution in [0.4, 0.5) is 0 Å². The Morgan fingerprint density at radius 1 is 1.46 bits per heavy atom.